The molecule has 0 radical (unpaired) electrons. The van der Waals surface area contributed by atoms with E-state index in [0.29, 0.717) is 12.1 Å². The topological polar surface area (TPSA) is 86.8 Å². The highest BCUT2D eigenvalue weighted by molar-refractivity contribution is 7.92. The fourth-order valence-electron chi connectivity index (χ4n) is 4.98. The lowest BCUT2D eigenvalue weighted by atomic mass is 10.0. The number of carbonyl (C=O) groups is 2. The number of para-hydroxylation sites is 1. The van der Waals surface area contributed by atoms with Crippen LogP contribution in [0.5, 0.6) is 0 Å². The third-order valence-electron chi connectivity index (χ3n) is 7.37. The van der Waals surface area contributed by atoms with Gasteiger partial charge in [0.15, 0.2) is 0 Å². The Morgan fingerprint density at radius 3 is 1.98 bits per heavy atom. The first-order chi connectivity index (χ1) is 20.3. The Bertz CT molecular complexity index is 1610. The molecule has 0 bridgehead atoms. The Balaban J connectivity index is 1.82. The maximum absolute atomic E-state index is 14.4. The molecule has 0 fully saturated rings. The molecule has 0 heterocycles. The van der Waals surface area contributed by atoms with Crippen molar-refractivity contribution < 1.29 is 18.0 Å². The third-order valence-corrected chi connectivity index (χ3v) is 9.14. The van der Waals surface area contributed by atoms with Crippen LogP contribution < -0.4 is 9.62 Å². The predicted octanol–water partition coefficient (Wildman–Crippen LogP) is 5.14. The van der Waals surface area contributed by atoms with Crippen molar-refractivity contribution in [2.75, 3.05) is 17.9 Å². The van der Waals surface area contributed by atoms with E-state index >= 15 is 0 Å². The van der Waals surface area contributed by atoms with Crippen molar-refractivity contribution in [3.63, 3.8) is 0 Å². The third kappa shape index (κ3) is 7.06. The number of sulfonamides is 1. The molecule has 4 aromatic carbocycles. The van der Waals surface area contributed by atoms with E-state index in [9.17, 15) is 18.0 Å². The Labute approximate surface area is 248 Å². The van der Waals surface area contributed by atoms with Crippen molar-refractivity contribution in [2.45, 2.75) is 44.2 Å². The second-order valence-electron chi connectivity index (χ2n) is 10.1. The molecule has 0 aliphatic carbocycles. The first-order valence-electron chi connectivity index (χ1n) is 14.0. The Morgan fingerprint density at radius 1 is 0.786 bits per heavy atom. The minimum Gasteiger partial charge on any atom is -0.357 e. The smallest absolute Gasteiger partial charge is 0.264 e. The molecule has 0 spiro atoms. The van der Waals surface area contributed by atoms with Gasteiger partial charge < -0.3 is 10.2 Å². The molecule has 42 heavy (non-hydrogen) atoms. The largest absolute Gasteiger partial charge is 0.357 e. The van der Waals surface area contributed by atoms with Gasteiger partial charge in [0.25, 0.3) is 10.0 Å². The molecule has 0 unspecified atom stereocenters. The van der Waals surface area contributed by atoms with Gasteiger partial charge in [0.05, 0.1) is 10.6 Å². The normalized spacial score (nSPS) is 11.9. The van der Waals surface area contributed by atoms with Crippen LogP contribution in [0.2, 0.25) is 0 Å². The Kier molecular flexibility index (Phi) is 10.1. The van der Waals surface area contributed by atoms with Crippen LogP contribution in [0.1, 0.15) is 29.2 Å². The fraction of sp³-hybridized carbons (Fsp3) is 0.235. The van der Waals surface area contributed by atoms with E-state index in [1.807, 2.05) is 80.6 Å². The summed E-state index contributed by atoms with van der Waals surface area (Å²) in [6.07, 6.45) is 0.849. The predicted molar refractivity (Wildman–Crippen MR) is 167 cm³/mol. The molecular formula is C34H37N3O4S. The van der Waals surface area contributed by atoms with Gasteiger partial charge in [-0.3, -0.25) is 13.9 Å². The first-order valence-corrected chi connectivity index (χ1v) is 15.5. The highest BCUT2D eigenvalue weighted by Gasteiger charge is 2.35. The Hall–Kier alpha value is -4.43. The summed E-state index contributed by atoms with van der Waals surface area (Å²) < 4.78 is 29.4. The van der Waals surface area contributed by atoms with Gasteiger partial charge in [0, 0.05) is 20.0 Å². The summed E-state index contributed by atoms with van der Waals surface area (Å²) >= 11 is 0. The highest BCUT2D eigenvalue weighted by Crippen LogP contribution is 2.28. The standard InChI is InChI=1S/C34H37N3O4S/c1-4-28-18-13-14-22-31(28)37(42(40,41)30-20-9-6-10-21-30)25-33(38)36(24-29-19-12-11-15-26(29)2)32(34(39)35-3)23-27-16-7-5-8-17-27/h5-22,32H,4,23-25H2,1-3H3,(H,35,39)/t32-/m1/s1. The lowest BCUT2D eigenvalue weighted by molar-refractivity contribution is -0.139. The van der Waals surface area contributed by atoms with E-state index < -0.39 is 28.5 Å². The SMILES string of the molecule is CCc1ccccc1N(CC(=O)N(Cc1ccccc1C)[C@H](Cc1ccccc1)C(=O)NC)S(=O)(=O)c1ccccc1. The van der Waals surface area contributed by atoms with Gasteiger partial charge in [0.1, 0.15) is 12.6 Å². The molecule has 4 aromatic rings. The summed E-state index contributed by atoms with van der Waals surface area (Å²) in [4.78, 5) is 29.4. The van der Waals surface area contributed by atoms with Gasteiger partial charge in [-0.2, -0.15) is 0 Å². The monoisotopic (exact) mass is 583 g/mol. The summed E-state index contributed by atoms with van der Waals surface area (Å²) in [5.74, 6) is -0.805. The van der Waals surface area contributed by atoms with Gasteiger partial charge in [-0.15, -0.1) is 0 Å². The summed E-state index contributed by atoms with van der Waals surface area (Å²) in [5.41, 5.74) is 3.96. The van der Waals surface area contributed by atoms with Crippen LogP contribution in [-0.2, 0) is 39.0 Å². The quantitative estimate of drug-likeness (QED) is 0.250. The number of nitrogens with one attached hydrogen (secondary N) is 1. The molecule has 0 aliphatic rings. The minimum absolute atomic E-state index is 0.0845. The molecule has 7 nitrogen and oxygen atoms in total. The van der Waals surface area contributed by atoms with Crippen LogP contribution in [0.25, 0.3) is 0 Å². The maximum Gasteiger partial charge on any atom is 0.264 e. The number of carbonyl (C=O) groups excluding carboxylic acids is 2. The van der Waals surface area contributed by atoms with Crippen LogP contribution >= 0.6 is 0 Å². The second-order valence-corrected chi connectivity index (χ2v) is 11.9. The number of likely N-dealkylation sites (N-methyl/N-ethyl adjacent to an activating group) is 1. The zero-order valence-corrected chi connectivity index (χ0v) is 25.1. The molecule has 4 rings (SSSR count). The van der Waals surface area contributed by atoms with Gasteiger partial charge in [-0.1, -0.05) is 97.9 Å². The number of amides is 2. The Morgan fingerprint density at radius 2 is 1.36 bits per heavy atom. The number of hydrogen-bond donors (Lipinski definition) is 1. The van der Waals surface area contributed by atoms with E-state index in [0.717, 1.165) is 22.3 Å². The number of nitrogens with zero attached hydrogens (tertiary/aromatic N) is 2. The molecule has 8 heteroatoms. The van der Waals surface area contributed by atoms with E-state index in [1.165, 1.54) is 21.3 Å². The second kappa shape index (κ2) is 14.0. The summed E-state index contributed by atoms with van der Waals surface area (Å²) in [6, 6.07) is 31.6. The molecule has 1 atom stereocenters. The van der Waals surface area contributed by atoms with E-state index in [-0.39, 0.29) is 23.8 Å². The van der Waals surface area contributed by atoms with E-state index in [1.54, 1.807) is 37.4 Å². The van der Waals surface area contributed by atoms with Gasteiger partial charge >= 0.3 is 0 Å². The molecule has 1 N–H and O–H groups in total. The van der Waals surface area contributed by atoms with Crippen LogP contribution in [0, 0.1) is 6.92 Å². The molecule has 2 amide bonds. The summed E-state index contributed by atoms with van der Waals surface area (Å²) in [7, 11) is -2.58. The van der Waals surface area contributed by atoms with Gasteiger partial charge in [-0.25, -0.2) is 8.42 Å². The van der Waals surface area contributed by atoms with Gasteiger partial charge in [0.2, 0.25) is 11.8 Å². The number of rotatable bonds is 12. The molecule has 218 valence electrons. The van der Waals surface area contributed by atoms with Crippen molar-refractivity contribution in [1.82, 2.24) is 10.2 Å². The number of benzene rings is 4. The van der Waals surface area contributed by atoms with Crippen LogP contribution in [0.3, 0.4) is 0 Å². The molecule has 0 aliphatic heterocycles. The van der Waals surface area contributed by atoms with Gasteiger partial charge in [-0.05, 0) is 53.8 Å². The minimum atomic E-state index is -4.12. The van der Waals surface area contributed by atoms with Crippen molar-refractivity contribution >= 4 is 27.5 Å². The van der Waals surface area contributed by atoms with E-state index in [2.05, 4.69) is 5.32 Å². The lowest BCUT2D eigenvalue weighted by Gasteiger charge is -2.34. The average Bonchev–Trinajstić information content (AvgIpc) is 3.02. The average molecular weight is 584 g/mol. The van der Waals surface area contributed by atoms with Crippen molar-refractivity contribution in [1.29, 1.82) is 0 Å². The summed E-state index contributed by atoms with van der Waals surface area (Å²) in [5, 5.41) is 2.72. The van der Waals surface area contributed by atoms with Crippen LogP contribution in [-0.4, -0.2) is 44.8 Å². The zero-order chi connectivity index (χ0) is 30.1. The van der Waals surface area contributed by atoms with Crippen molar-refractivity contribution in [3.8, 4) is 0 Å². The summed E-state index contributed by atoms with van der Waals surface area (Å²) in [6.45, 7) is 3.57. The van der Waals surface area contributed by atoms with Crippen LogP contribution in [0.15, 0.2) is 114 Å². The number of hydrogen-bond acceptors (Lipinski definition) is 4. The fourth-order valence-corrected chi connectivity index (χ4v) is 6.45. The zero-order valence-electron chi connectivity index (χ0n) is 24.2. The molecule has 0 aromatic heterocycles. The molecule has 0 saturated heterocycles. The van der Waals surface area contributed by atoms with E-state index in [4.69, 9.17) is 0 Å². The molecular weight excluding hydrogens is 546 g/mol. The number of anilines is 1. The van der Waals surface area contributed by atoms with Crippen LogP contribution in [0.4, 0.5) is 5.69 Å². The van der Waals surface area contributed by atoms with Crippen molar-refractivity contribution in [3.05, 3.63) is 131 Å². The number of aryl methyl sites for hydroxylation is 2. The lowest BCUT2D eigenvalue weighted by Crippen LogP contribution is -2.53. The molecule has 0 saturated carbocycles. The highest BCUT2D eigenvalue weighted by atomic mass is 32.2. The first kappa shape index (κ1) is 30.5. The van der Waals surface area contributed by atoms with Crippen molar-refractivity contribution in [2.24, 2.45) is 0 Å². The maximum atomic E-state index is 14.4.